The largest absolute Gasteiger partial charge is 0.365 e. The van der Waals surface area contributed by atoms with Gasteiger partial charge in [-0.2, -0.15) is 18.4 Å². The van der Waals surface area contributed by atoms with Crippen LogP contribution in [0.4, 0.5) is 5.82 Å². The van der Waals surface area contributed by atoms with Gasteiger partial charge >= 0.3 is 16.1 Å². The van der Waals surface area contributed by atoms with Gasteiger partial charge in [-0.1, -0.05) is 11.6 Å². The summed E-state index contributed by atoms with van der Waals surface area (Å²) in [5.74, 6) is 0.434. The third kappa shape index (κ3) is 3.67. The van der Waals surface area contributed by atoms with Crippen LogP contribution in [0.2, 0.25) is 0 Å². The highest BCUT2D eigenvalue weighted by atomic mass is 32.2. The first-order valence-electron chi connectivity index (χ1n) is 5.83. The van der Waals surface area contributed by atoms with Crippen molar-refractivity contribution in [3.63, 3.8) is 0 Å². The van der Waals surface area contributed by atoms with Crippen molar-refractivity contribution in [3.8, 4) is 6.01 Å². The maximum Gasteiger partial charge on any atom is 0.337 e. The molecule has 0 aliphatic heterocycles. The van der Waals surface area contributed by atoms with Crippen molar-refractivity contribution in [1.82, 2.24) is 19.9 Å². The summed E-state index contributed by atoms with van der Waals surface area (Å²) in [6.45, 7) is 4.50. The van der Waals surface area contributed by atoms with E-state index in [1.165, 1.54) is 6.33 Å². The van der Waals surface area contributed by atoms with Crippen molar-refractivity contribution in [2.75, 3.05) is 18.1 Å². The smallest absolute Gasteiger partial charge is 0.337 e. The fourth-order valence-corrected chi connectivity index (χ4v) is 1.81. The number of aromatic nitrogens is 4. The Morgan fingerprint density at radius 3 is 2.85 bits per heavy atom. The van der Waals surface area contributed by atoms with Gasteiger partial charge in [0.15, 0.2) is 11.5 Å². The first-order chi connectivity index (χ1) is 9.35. The van der Waals surface area contributed by atoms with Crippen LogP contribution in [0.1, 0.15) is 13.8 Å². The molecule has 0 aromatic carbocycles. The van der Waals surface area contributed by atoms with Crippen LogP contribution >= 0.6 is 0 Å². The zero-order chi connectivity index (χ0) is 14.8. The fourth-order valence-electron chi connectivity index (χ4n) is 1.47. The van der Waals surface area contributed by atoms with Crippen molar-refractivity contribution in [1.29, 1.82) is 0 Å². The molecule has 0 aliphatic carbocycles. The SMILES string of the molecule is CC(C)=CCNc1nc(OS(C)(=O)=O)nc2nc[nH]c12. The highest BCUT2D eigenvalue weighted by molar-refractivity contribution is 7.86. The Hall–Kier alpha value is -2.16. The second kappa shape index (κ2) is 5.45. The van der Waals surface area contributed by atoms with Crippen LogP contribution in [0.5, 0.6) is 6.01 Å². The van der Waals surface area contributed by atoms with Gasteiger partial charge in [0, 0.05) is 6.54 Å². The Morgan fingerprint density at radius 2 is 2.20 bits per heavy atom. The Morgan fingerprint density at radius 1 is 1.45 bits per heavy atom. The van der Waals surface area contributed by atoms with Crippen LogP contribution in [-0.4, -0.2) is 41.2 Å². The van der Waals surface area contributed by atoms with E-state index in [1.807, 2.05) is 19.9 Å². The van der Waals surface area contributed by atoms with Gasteiger partial charge in [-0.3, -0.25) is 0 Å². The second-order valence-electron chi connectivity index (χ2n) is 4.41. The van der Waals surface area contributed by atoms with Gasteiger partial charge in [0.25, 0.3) is 0 Å². The number of anilines is 1. The van der Waals surface area contributed by atoms with Gasteiger partial charge in [0.2, 0.25) is 0 Å². The van der Waals surface area contributed by atoms with Crippen LogP contribution in [0, 0.1) is 0 Å². The quantitative estimate of drug-likeness (QED) is 0.627. The molecule has 2 N–H and O–H groups in total. The van der Waals surface area contributed by atoms with Gasteiger partial charge < -0.3 is 14.5 Å². The molecular formula is C11H15N5O3S. The number of nitrogens with zero attached hydrogens (tertiary/aromatic N) is 3. The van der Waals surface area contributed by atoms with E-state index in [0.717, 1.165) is 11.8 Å². The summed E-state index contributed by atoms with van der Waals surface area (Å²) in [4.78, 5) is 14.8. The first-order valence-corrected chi connectivity index (χ1v) is 7.64. The minimum absolute atomic E-state index is 0.258. The van der Waals surface area contributed by atoms with E-state index >= 15 is 0 Å². The van der Waals surface area contributed by atoms with Gasteiger partial charge in [0.05, 0.1) is 12.6 Å². The second-order valence-corrected chi connectivity index (χ2v) is 5.98. The Bertz CT molecular complexity index is 747. The molecule has 9 heteroatoms. The molecule has 108 valence electrons. The molecule has 0 bridgehead atoms. The lowest BCUT2D eigenvalue weighted by atomic mass is 10.3. The molecule has 0 radical (unpaired) electrons. The summed E-state index contributed by atoms with van der Waals surface area (Å²) in [5.41, 5.74) is 2.08. The van der Waals surface area contributed by atoms with Crippen molar-refractivity contribution in [2.45, 2.75) is 13.8 Å². The number of H-pyrrole nitrogens is 1. The summed E-state index contributed by atoms with van der Waals surface area (Å²) in [5, 5.41) is 3.06. The Labute approximate surface area is 116 Å². The summed E-state index contributed by atoms with van der Waals surface area (Å²) < 4.78 is 26.9. The molecule has 0 atom stereocenters. The number of allylic oxidation sites excluding steroid dienone is 1. The third-order valence-corrected chi connectivity index (χ3v) is 2.72. The molecule has 2 heterocycles. The highest BCUT2D eigenvalue weighted by Gasteiger charge is 2.13. The summed E-state index contributed by atoms with van der Waals surface area (Å²) in [6.07, 6.45) is 4.36. The monoisotopic (exact) mass is 297 g/mol. The number of hydrogen-bond acceptors (Lipinski definition) is 7. The van der Waals surface area contributed by atoms with Gasteiger partial charge in [-0.25, -0.2) is 4.98 Å². The minimum atomic E-state index is -3.68. The van der Waals surface area contributed by atoms with Crippen molar-refractivity contribution in [2.24, 2.45) is 0 Å². The molecule has 0 spiro atoms. The molecule has 0 aliphatic rings. The van der Waals surface area contributed by atoms with E-state index in [1.54, 1.807) is 0 Å². The summed E-state index contributed by atoms with van der Waals surface area (Å²) in [6, 6.07) is -0.258. The molecule has 8 nitrogen and oxygen atoms in total. The van der Waals surface area contributed by atoms with Crippen LogP contribution in [0.3, 0.4) is 0 Å². The lowest BCUT2D eigenvalue weighted by molar-refractivity contribution is 0.472. The van der Waals surface area contributed by atoms with Crippen LogP contribution in [0.25, 0.3) is 11.2 Å². The van der Waals surface area contributed by atoms with Crippen LogP contribution < -0.4 is 9.50 Å². The number of rotatable bonds is 5. The van der Waals surface area contributed by atoms with Gasteiger partial charge in [0.1, 0.15) is 5.52 Å². The molecule has 2 aromatic heterocycles. The number of fused-ring (bicyclic) bond motifs is 1. The average Bonchev–Trinajstić information content (AvgIpc) is 2.74. The molecule has 0 saturated heterocycles. The molecule has 0 unspecified atom stereocenters. The van der Waals surface area contributed by atoms with Crippen LogP contribution in [0.15, 0.2) is 18.0 Å². The van der Waals surface area contributed by atoms with E-state index in [0.29, 0.717) is 23.5 Å². The number of nitrogens with one attached hydrogen (secondary N) is 2. The predicted octanol–water partition coefficient (Wildman–Crippen LogP) is 1.07. The molecule has 0 fully saturated rings. The maximum atomic E-state index is 11.1. The average molecular weight is 297 g/mol. The zero-order valence-corrected chi connectivity index (χ0v) is 12.2. The standard InChI is InChI=1S/C11H15N5O3S/c1-7(2)4-5-12-9-8-10(14-6-13-8)16-11(15-9)19-20(3,17)18/h4,6H,5H2,1-3H3,(H2,12,13,14,15,16). The molecule has 0 amide bonds. The van der Waals surface area contributed by atoms with E-state index < -0.39 is 10.1 Å². The van der Waals surface area contributed by atoms with Crippen molar-refractivity contribution in [3.05, 3.63) is 18.0 Å². The molecular weight excluding hydrogens is 282 g/mol. The fraction of sp³-hybridized carbons (Fsp3) is 0.364. The third-order valence-electron chi connectivity index (χ3n) is 2.27. The highest BCUT2D eigenvalue weighted by Crippen LogP contribution is 2.20. The Balaban J connectivity index is 2.35. The predicted molar refractivity (Wildman–Crippen MR) is 75.1 cm³/mol. The van der Waals surface area contributed by atoms with E-state index in [9.17, 15) is 8.42 Å². The van der Waals surface area contributed by atoms with Gasteiger partial charge in [-0.05, 0) is 13.8 Å². The van der Waals surface area contributed by atoms with Crippen molar-refractivity contribution < 1.29 is 12.6 Å². The molecule has 2 aromatic rings. The minimum Gasteiger partial charge on any atom is -0.365 e. The molecule has 0 saturated carbocycles. The normalized spacial score (nSPS) is 11.3. The van der Waals surface area contributed by atoms with E-state index in [2.05, 4.69) is 29.4 Å². The number of hydrogen-bond donors (Lipinski definition) is 2. The Kier molecular flexibility index (Phi) is 3.89. The van der Waals surface area contributed by atoms with E-state index in [4.69, 9.17) is 0 Å². The van der Waals surface area contributed by atoms with Crippen LogP contribution in [-0.2, 0) is 10.1 Å². The zero-order valence-electron chi connectivity index (χ0n) is 11.3. The summed E-state index contributed by atoms with van der Waals surface area (Å²) >= 11 is 0. The lowest BCUT2D eigenvalue weighted by Gasteiger charge is -2.06. The number of aromatic amines is 1. The topological polar surface area (TPSA) is 110 Å². The van der Waals surface area contributed by atoms with Gasteiger partial charge in [-0.15, -0.1) is 0 Å². The first kappa shape index (κ1) is 14.3. The van der Waals surface area contributed by atoms with Crippen molar-refractivity contribution >= 4 is 27.1 Å². The summed E-state index contributed by atoms with van der Waals surface area (Å²) in [7, 11) is -3.68. The molecule has 20 heavy (non-hydrogen) atoms. The molecule has 2 rings (SSSR count). The number of imidazole rings is 1. The lowest BCUT2D eigenvalue weighted by Crippen LogP contribution is -2.10. The van der Waals surface area contributed by atoms with E-state index in [-0.39, 0.29) is 6.01 Å². The maximum absolute atomic E-state index is 11.1.